The molecule has 1 aromatic heterocycles. The van der Waals surface area contributed by atoms with Gasteiger partial charge in [0.2, 0.25) is 0 Å². The number of fused-ring (bicyclic) bond motifs is 1. The number of hydrogen-bond acceptors (Lipinski definition) is 4. The normalized spacial score (nSPS) is 38.4. The molecule has 1 aliphatic heterocycles. The second-order valence-corrected chi connectivity index (χ2v) is 10.9. The topological polar surface area (TPSA) is 52.6 Å². The van der Waals surface area contributed by atoms with Crippen LogP contribution < -0.4 is 5.32 Å². The number of aliphatic hydroxyl groups is 1. The van der Waals surface area contributed by atoms with Gasteiger partial charge in [0.25, 0.3) is 5.91 Å². The summed E-state index contributed by atoms with van der Waals surface area (Å²) in [6, 6.07) is 12.2. The van der Waals surface area contributed by atoms with Crippen molar-refractivity contribution in [1.29, 1.82) is 0 Å². The lowest BCUT2D eigenvalue weighted by Crippen LogP contribution is -2.68. The van der Waals surface area contributed by atoms with Gasteiger partial charge >= 0.3 is 0 Å². The number of para-hydroxylation sites is 1. The summed E-state index contributed by atoms with van der Waals surface area (Å²) in [7, 11) is 0. The smallest absolute Gasteiger partial charge is 0.258 e. The quantitative estimate of drug-likeness (QED) is 0.776. The molecule has 3 atom stereocenters. The number of amides is 1. The summed E-state index contributed by atoms with van der Waals surface area (Å²) in [5.41, 5.74) is 0.856. The number of nitrogens with zero attached hydrogens (tertiary/aromatic N) is 1. The maximum Gasteiger partial charge on any atom is 0.258 e. The van der Waals surface area contributed by atoms with Crippen molar-refractivity contribution in [1.82, 2.24) is 4.90 Å². The number of anilines is 1. The highest BCUT2D eigenvalue weighted by Gasteiger charge is 2.62. The van der Waals surface area contributed by atoms with Gasteiger partial charge in [-0.3, -0.25) is 4.79 Å². The number of aryl methyl sites for hydroxylation is 1. The van der Waals surface area contributed by atoms with Crippen LogP contribution in [0.4, 0.5) is 5.69 Å². The number of rotatable bonds is 2. The first-order valence-electron chi connectivity index (χ1n) is 10.4. The van der Waals surface area contributed by atoms with Crippen molar-refractivity contribution >= 4 is 22.9 Å². The largest absolute Gasteiger partial charge is 0.390 e. The van der Waals surface area contributed by atoms with Crippen molar-refractivity contribution < 1.29 is 9.90 Å². The zero-order valence-corrected chi connectivity index (χ0v) is 17.0. The molecule has 4 bridgehead atoms. The molecule has 0 spiro atoms. The fourth-order valence-corrected chi connectivity index (χ4v) is 7.91. The summed E-state index contributed by atoms with van der Waals surface area (Å²) >= 11 is 1.76. The molecule has 5 heteroatoms. The summed E-state index contributed by atoms with van der Waals surface area (Å²) in [6.45, 7) is 2.12. The summed E-state index contributed by atoms with van der Waals surface area (Å²) < 4.78 is 0. The Morgan fingerprint density at radius 1 is 1.11 bits per heavy atom. The molecule has 4 saturated carbocycles. The SMILES string of the molecule is Cc1ccc(C2Nc3ccccc3C(=O)N2C23CC4CC(CC(O)(C4)C2)C3)s1. The maximum absolute atomic E-state index is 13.8. The van der Waals surface area contributed by atoms with E-state index >= 15 is 0 Å². The van der Waals surface area contributed by atoms with Crippen molar-refractivity contribution in [2.45, 2.75) is 62.8 Å². The molecule has 4 fully saturated rings. The Labute approximate surface area is 169 Å². The molecule has 5 aliphatic rings. The highest BCUT2D eigenvalue weighted by atomic mass is 32.1. The molecule has 0 saturated heterocycles. The first kappa shape index (κ1) is 17.0. The summed E-state index contributed by atoms with van der Waals surface area (Å²) in [6.07, 6.45) is 5.69. The average Bonchev–Trinajstić information content (AvgIpc) is 3.05. The van der Waals surface area contributed by atoms with E-state index in [-0.39, 0.29) is 17.6 Å². The highest BCUT2D eigenvalue weighted by molar-refractivity contribution is 7.12. The second kappa shape index (κ2) is 5.61. The molecular formula is C23H26N2O2S. The average molecular weight is 395 g/mol. The lowest BCUT2D eigenvalue weighted by molar-refractivity contribution is -0.171. The molecule has 4 aliphatic carbocycles. The van der Waals surface area contributed by atoms with Crippen molar-refractivity contribution in [3.8, 4) is 0 Å². The standard InChI is InChI=1S/C23H26N2O2S/c1-14-6-7-19(28-14)20-24-18-5-3-2-4-17(18)21(26)25(20)22-9-15-8-16(10-22)12-23(27,11-15)13-22/h2-7,15-16,20,24,27H,8-13H2,1H3. The van der Waals surface area contributed by atoms with Crippen LogP contribution in [0.2, 0.25) is 0 Å². The van der Waals surface area contributed by atoms with Gasteiger partial charge in [0, 0.05) is 21.0 Å². The third-order valence-electron chi connectivity index (χ3n) is 7.47. The van der Waals surface area contributed by atoms with Crippen molar-refractivity contribution in [2.75, 3.05) is 5.32 Å². The predicted octanol–water partition coefficient (Wildman–Crippen LogP) is 4.71. The molecule has 2 aromatic rings. The van der Waals surface area contributed by atoms with E-state index in [1.807, 2.05) is 24.3 Å². The van der Waals surface area contributed by atoms with Crippen LogP contribution in [0.1, 0.15) is 64.8 Å². The molecular weight excluding hydrogens is 368 g/mol. The van der Waals surface area contributed by atoms with Crippen LogP contribution in [0.15, 0.2) is 36.4 Å². The Bertz CT molecular complexity index is 953. The first-order valence-corrected chi connectivity index (χ1v) is 11.2. The summed E-state index contributed by atoms with van der Waals surface area (Å²) in [5.74, 6) is 1.21. The van der Waals surface area contributed by atoms with Crippen LogP contribution in [-0.4, -0.2) is 27.1 Å². The lowest BCUT2D eigenvalue weighted by atomic mass is 9.50. The fraction of sp³-hybridized carbons (Fsp3) is 0.522. The van der Waals surface area contributed by atoms with Crippen molar-refractivity contribution in [3.05, 3.63) is 51.7 Å². The predicted molar refractivity (Wildman–Crippen MR) is 110 cm³/mol. The molecule has 7 rings (SSSR count). The maximum atomic E-state index is 13.8. The summed E-state index contributed by atoms with van der Waals surface area (Å²) in [5, 5.41) is 15.0. The Morgan fingerprint density at radius 2 is 1.86 bits per heavy atom. The van der Waals surface area contributed by atoms with Crippen LogP contribution in [0.5, 0.6) is 0 Å². The van der Waals surface area contributed by atoms with E-state index < -0.39 is 5.60 Å². The molecule has 3 unspecified atom stereocenters. The van der Waals surface area contributed by atoms with E-state index in [1.165, 1.54) is 16.2 Å². The van der Waals surface area contributed by atoms with E-state index in [0.717, 1.165) is 43.4 Å². The molecule has 2 N–H and O–H groups in total. The number of carbonyl (C=O) groups is 1. The molecule has 4 nitrogen and oxygen atoms in total. The lowest BCUT2D eigenvalue weighted by Gasteiger charge is -2.64. The van der Waals surface area contributed by atoms with Gasteiger partial charge in [-0.2, -0.15) is 0 Å². The Morgan fingerprint density at radius 3 is 2.54 bits per heavy atom. The van der Waals surface area contributed by atoms with Gasteiger partial charge in [0.05, 0.1) is 11.2 Å². The van der Waals surface area contributed by atoms with E-state index in [9.17, 15) is 9.90 Å². The zero-order chi connectivity index (χ0) is 19.1. The third-order valence-corrected chi connectivity index (χ3v) is 8.52. The first-order chi connectivity index (χ1) is 13.4. The zero-order valence-electron chi connectivity index (χ0n) is 16.1. The van der Waals surface area contributed by atoms with Crippen molar-refractivity contribution in [3.63, 3.8) is 0 Å². The van der Waals surface area contributed by atoms with Gasteiger partial charge in [-0.25, -0.2) is 0 Å². The molecule has 28 heavy (non-hydrogen) atoms. The Balaban J connectivity index is 1.50. The highest BCUT2D eigenvalue weighted by Crippen LogP contribution is 2.61. The Hall–Kier alpha value is -1.85. The monoisotopic (exact) mass is 394 g/mol. The van der Waals surface area contributed by atoms with Crippen LogP contribution in [0.25, 0.3) is 0 Å². The van der Waals surface area contributed by atoms with Gasteiger partial charge in [-0.1, -0.05) is 12.1 Å². The van der Waals surface area contributed by atoms with Crippen LogP contribution in [0.3, 0.4) is 0 Å². The van der Waals surface area contributed by atoms with Crippen LogP contribution >= 0.6 is 11.3 Å². The fourth-order valence-electron chi connectivity index (χ4n) is 6.99. The number of hydrogen-bond donors (Lipinski definition) is 2. The van der Waals surface area contributed by atoms with Gasteiger partial charge in [0.1, 0.15) is 6.17 Å². The molecule has 146 valence electrons. The van der Waals surface area contributed by atoms with Gasteiger partial charge < -0.3 is 15.3 Å². The Kier molecular flexibility index (Phi) is 3.41. The number of carbonyl (C=O) groups excluding carboxylic acids is 1. The molecule has 1 amide bonds. The van der Waals surface area contributed by atoms with Crippen molar-refractivity contribution in [2.24, 2.45) is 11.8 Å². The van der Waals surface area contributed by atoms with E-state index in [4.69, 9.17) is 0 Å². The molecule has 1 aromatic carbocycles. The van der Waals surface area contributed by atoms with Gasteiger partial charge in [-0.05, 0) is 81.5 Å². The van der Waals surface area contributed by atoms with Crippen LogP contribution in [-0.2, 0) is 0 Å². The molecule has 0 radical (unpaired) electrons. The van der Waals surface area contributed by atoms with E-state index in [1.54, 1.807) is 11.3 Å². The number of nitrogens with one attached hydrogen (secondary N) is 1. The second-order valence-electron chi connectivity index (χ2n) is 9.63. The van der Waals surface area contributed by atoms with E-state index in [2.05, 4.69) is 29.3 Å². The minimum atomic E-state index is -0.586. The number of benzene rings is 1. The number of thiophene rings is 1. The summed E-state index contributed by atoms with van der Waals surface area (Å²) in [4.78, 5) is 18.4. The third kappa shape index (κ3) is 2.35. The molecule has 2 heterocycles. The minimum Gasteiger partial charge on any atom is -0.390 e. The van der Waals surface area contributed by atoms with Crippen LogP contribution in [0, 0.1) is 18.8 Å². The van der Waals surface area contributed by atoms with Gasteiger partial charge in [0.15, 0.2) is 0 Å². The van der Waals surface area contributed by atoms with Gasteiger partial charge in [-0.15, -0.1) is 11.3 Å². The van der Waals surface area contributed by atoms with E-state index in [0.29, 0.717) is 11.8 Å². The minimum absolute atomic E-state index is 0.121.